The Bertz CT molecular complexity index is 1130. The summed E-state index contributed by atoms with van der Waals surface area (Å²) in [5.41, 5.74) is 0.878. The highest BCUT2D eigenvalue weighted by Gasteiger charge is 2.36. The fraction of sp³-hybridized carbons (Fsp3) is 0.231. The molecule has 5 nitrogen and oxygen atoms in total. The molecule has 0 amide bonds. The Kier molecular flexibility index (Phi) is 7.62. The molecule has 0 aliphatic rings. The second-order valence-corrected chi connectivity index (χ2v) is 7.63. The third-order valence-corrected chi connectivity index (χ3v) is 4.68. The molecule has 0 aromatic heterocycles. The Balaban J connectivity index is 1.66. The summed E-state index contributed by atoms with van der Waals surface area (Å²) in [6.45, 7) is 2.70. The maximum absolute atomic E-state index is 13.8. The number of alkyl halides is 2. The van der Waals surface area contributed by atoms with Crippen LogP contribution < -0.4 is 9.47 Å². The van der Waals surface area contributed by atoms with Gasteiger partial charge in [0, 0.05) is 5.56 Å². The van der Waals surface area contributed by atoms with Crippen LogP contribution in [-0.4, -0.2) is 12.1 Å². The van der Waals surface area contributed by atoms with Gasteiger partial charge in [-0.1, -0.05) is 56.3 Å². The molecule has 1 atom stereocenters. The standard InChI is InChI=1S/C26H23F2NO4/c1-18(2)26(27,28)33-23-13-6-8-19(14-23)15-25(30)32-24(17-29)20-9-7-12-22(16-20)31-21-10-4-3-5-11-21/h3-14,16,18,24H,15H2,1-2H3. The average Bonchev–Trinajstić information content (AvgIpc) is 2.78. The Hall–Kier alpha value is -3.92. The van der Waals surface area contributed by atoms with E-state index in [-0.39, 0.29) is 12.2 Å². The number of benzene rings is 3. The van der Waals surface area contributed by atoms with Gasteiger partial charge in [0.05, 0.1) is 12.3 Å². The van der Waals surface area contributed by atoms with Gasteiger partial charge in [-0.3, -0.25) is 4.79 Å². The third kappa shape index (κ3) is 6.78. The zero-order valence-electron chi connectivity index (χ0n) is 18.2. The normalized spacial score (nSPS) is 12.0. The number of esters is 1. The van der Waals surface area contributed by atoms with E-state index < -0.39 is 24.1 Å². The number of halogens is 2. The highest BCUT2D eigenvalue weighted by Crippen LogP contribution is 2.29. The van der Waals surface area contributed by atoms with Gasteiger partial charge in [-0.2, -0.15) is 14.0 Å². The first-order valence-electron chi connectivity index (χ1n) is 10.3. The number of carbonyl (C=O) groups excluding carboxylic acids is 1. The first-order chi connectivity index (χ1) is 15.8. The lowest BCUT2D eigenvalue weighted by Crippen LogP contribution is -2.31. The van der Waals surface area contributed by atoms with Crippen LogP contribution in [0.25, 0.3) is 0 Å². The molecule has 0 saturated carbocycles. The lowest BCUT2D eigenvalue weighted by Gasteiger charge is -2.21. The van der Waals surface area contributed by atoms with E-state index in [4.69, 9.17) is 14.2 Å². The number of carbonyl (C=O) groups is 1. The molecule has 7 heteroatoms. The monoisotopic (exact) mass is 451 g/mol. The van der Waals surface area contributed by atoms with Crippen molar-refractivity contribution in [1.82, 2.24) is 0 Å². The van der Waals surface area contributed by atoms with E-state index in [0.29, 0.717) is 22.6 Å². The van der Waals surface area contributed by atoms with Crippen molar-refractivity contribution in [3.63, 3.8) is 0 Å². The van der Waals surface area contributed by atoms with Gasteiger partial charge >= 0.3 is 12.1 Å². The van der Waals surface area contributed by atoms with Crippen LogP contribution in [-0.2, 0) is 16.0 Å². The lowest BCUT2D eigenvalue weighted by molar-refractivity contribution is -0.207. The van der Waals surface area contributed by atoms with E-state index in [1.165, 1.54) is 32.0 Å². The predicted molar refractivity (Wildman–Crippen MR) is 118 cm³/mol. The van der Waals surface area contributed by atoms with Gasteiger partial charge in [-0.05, 0) is 42.0 Å². The van der Waals surface area contributed by atoms with Crippen LogP contribution in [0, 0.1) is 17.2 Å². The van der Waals surface area contributed by atoms with Gasteiger partial charge in [-0.25, -0.2) is 0 Å². The fourth-order valence-corrected chi connectivity index (χ4v) is 2.87. The highest BCUT2D eigenvalue weighted by atomic mass is 19.3. The second kappa shape index (κ2) is 10.6. The summed E-state index contributed by atoms with van der Waals surface area (Å²) in [6.07, 6.45) is -4.69. The smallest absolute Gasteiger partial charge is 0.400 e. The van der Waals surface area contributed by atoms with Gasteiger partial charge in [0.15, 0.2) is 0 Å². The van der Waals surface area contributed by atoms with Crippen LogP contribution in [0.3, 0.4) is 0 Å². The second-order valence-electron chi connectivity index (χ2n) is 7.63. The van der Waals surface area contributed by atoms with E-state index in [9.17, 15) is 18.8 Å². The molecular formula is C26H23F2NO4. The van der Waals surface area contributed by atoms with Gasteiger partial charge in [0.25, 0.3) is 0 Å². The molecule has 0 heterocycles. The number of nitriles is 1. The van der Waals surface area contributed by atoms with Gasteiger partial charge in [0.1, 0.15) is 23.3 Å². The summed E-state index contributed by atoms with van der Waals surface area (Å²) in [5.74, 6) is -0.620. The van der Waals surface area contributed by atoms with Crippen molar-refractivity contribution < 1.29 is 27.8 Å². The largest absolute Gasteiger partial charge is 0.457 e. The van der Waals surface area contributed by atoms with Crippen molar-refractivity contribution in [3.05, 3.63) is 90.0 Å². The minimum Gasteiger partial charge on any atom is -0.457 e. The molecule has 0 aliphatic heterocycles. The first-order valence-corrected chi connectivity index (χ1v) is 10.3. The summed E-state index contributed by atoms with van der Waals surface area (Å²) < 4.78 is 43.5. The zero-order valence-corrected chi connectivity index (χ0v) is 18.2. The maximum atomic E-state index is 13.8. The molecule has 170 valence electrons. The van der Waals surface area contributed by atoms with Gasteiger partial charge < -0.3 is 14.2 Å². The van der Waals surface area contributed by atoms with Crippen molar-refractivity contribution in [2.24, 2.45) is 5.92 Å². The van der Waals surface area contributed by atoms with E-state index in [1.807, 2.05) is 24.3 Å². The number of rotatable bonds is 9. The average molecular weight is 451 g/mol. The molecule has 0 bridgehead atoms. The Morgan fingerprint density at radius 2 is 1.61 bits per heavy atom. The van der Waals surface area contributed by atoms with E-state index in [2.05, 4.69) is 0 Å². The molecule has 0 aliphatic carbocycles. The number of ether oxygens (including phenoxy) is 3. The van der Waals surface area contributed by atoms with Crippen LogP contribution in [0.4, 0.5) is 8.78 Å². The van der Waals surface area contributed by atoms with E-state index in [0.717, 1.165) is 0 Å². The van der Waals surface area contributed by atoms with Gasteiger partial charge in [-0.15, -0.1) is 0 Å². The SMILES string of the molecule is CC(C)C(F)(F)Oc1cccc(CC(=O)OC(C#N)c2cccc(Oc3ccccc3)c2)c1. The molecule has 0 fully saturated rings. The van der Waals surface area contributed by atoms with Crippen LogP contribution in [0.15, 0.2) is 78.9 Å². The summed E-state index contributed by atoms with van der Waals surface area (Å²) in [6, 6.07) is 23.6. The van der Waals surface area contributed by atoms with Gasteiger partial charge in [0.2, 0.25) is 6.10 Å². The van der Waals surface area contributed by atoms with Crippen molar-refractivity contribution in [3.8, 4) is 23.3 Å². The Morgan fingerprint density at radius 1 is 0.939 bits per heavy atom. The first kappa shape index (κ1) is 23.7. The van der Waals surface area contributed by atoms with Crippen LogP contribution in [0.2, 0.25) is 0 Å². The van der Waals surface area contributed by atoms with Crippen molar-refractivity contribution >= 4 is 5.97 Å². The predicted octanol–water partition coefficient (Wildman–Crippen LogP) is 6.46. The molecule has 33 heavy (non-hydrogen) atoms. The van der Waals surface area contributed by atoms with Crippen molar-refractivity contribution in [2.75, 3.05) is 0 Å². The highest BCUT2D eigenvalue weighted by molar-refractivity contribution is 5.73. The molecule has 0 saturated heterocycles. The fourth-order valence-electron chi connectivity index (χ4n) is 2.87. The van der Waals surface area contributed by atoms with Crippen LogP contribution in [0.5, 0.6) is 17.2 Å². The van der Waals surface area contributed by atoms with Crippen LogP contribution >= 0.6 is 0 Å². The summed E-state index contributed by atoms with van der Waals surface area (Å²) in [4.78, 5) is 12.4. The number of hydrogen-bond acceptors (Lipinski definition) is 5. The molecular weight excluding hydrogens is 428 g/mol. The van der Waals surface area contributed by atoms with E-state index in [1.54, 1.807) is 42.5 Å². The maximum Gasteiger partial charge on any atom is 0.400 e. The third-order valence-electron chi connectivity index (χ3n) is 4.68. The minimum atomic E-state index is -3.34. The summed E-state index contributed by atoms with van der Waals surface area (Å²) in [7, 11) is 0. The molecule has 3 rings (SSSR count). The molecule has 0 radical (unpaired) electrons. The van der Waals surface area contributed by atoms with Crippen molar-refractivity contribution in [1.29, 1.82) is 5.26 Å². The van der Waals surface area contributed by atoms with Crippen molar-refractivity contribution in [2.45, 2.75) is 32.5 Å². The Labute approximate surface area is 191 Å². The number of nitrogens with zero attached hydrogens (tertiary/aromatic N) is 1. The molecule has 3 aromatic rings. The topological polar surface area (TPSA) is 68.5 Å². The van der Waals surface area contributed by atoms with E-state index >= 15 is 0 Å². The lowest BCUT2D eigenvalue weighted by atomic mass is 10.1. The zero-order chi connectivity index (χ0) is 23.8. The molecule has 1 unspecified atom stereocenters. The summed E-state index contributed by atoms with van der Waals surface area (Å²) in [5, 5.41) is 9.53. The van der Waals surface area contributed by atoms with Crippen LogP contribution in [0.1, 0.15) is 31.1 Å². The molecule has 0 N–H and O–H groups in total. The quantitative estimate of drug-likeness (QED) is 0.349. The Morgan fingerprint density at radius 3 is 2.30 bits per heavy atom. The molecule has 0 spiro atoms. The minimum absolute atomic E-state index is 0.0541. The molecule has 3 aromatic carbocycles. The number of para-hydroxylation sites is 1. The summed E-state index contributed by atoms with van der Waals surface area (Å²) >= 11 is 0. The number of hydrogen-bond donors (Lipinski definition) is 0.